The summed E-state index contributed by atoms with van der Waals surface area (Å²) in [5, 5.41) is 3.46. The lowest BCUT2D eigenvalue weighted by Crippen LogP contribution is -2.26. The van der Waals surface area contributed by atoms with Crippen LogP contribution in [0.2, 0.25) is 0 Å². The minimum Gasteiger partial charge on any atom is -0.380 e. The molecule has 0 heterocycles. The van der Waals surface area contributed by atoms with Crippen LogP contribution in [0.25, 0.3) is 0 Å². The van der Waals surface area contributed by atoms with Crippen molar-refractivity contribution in [3.05, 3.63) is 35.4 Å². The highest BCUT2D eigenvalue weighted by Crippen LogP contribution is 2.11. The van der Waals surface area contributed by atoms with Crippen molar-refractivity contribution in [2.45, 2.75) is 33.9 Å². The fourth-order valence-electron chi connectivity index (χ4n) is 1.50. The van der Waals surface area contributed by atoms with Crippen LogP contribution in [-0.2, 0) is 17.9 Å². The average Bonchev–Trinajstić information content (AvgIpc) is 2.19. The van der Waals surface area contributed by atoms with E-state index in [1.165, 1.54) is 11.1 Å². The minimum absolute atomic E-state index is 0.343. The number of benzene rings is 1. The van der Waals surface area contributed by atoms with Crippen LogP contribution in [0.5, 0.6) is 0 Å². The second-order valence-electron chi connectivity index (χ2n) is 5.41. The second-order valence-corrected chi connectivity index (χ2v) is 5.41. The Morgan fingerprint density at radius 3 is 2.12 bits per heavy atom. The summed E-state index contributed by atoms with van der Waals surface area (Å²) >= 11 is 0. The van der Waals surface area contributed by atoms with Crippen LogP contribution in [0.4, 0.5) is 0 Å². The van der Waals surface area contributed by atoms with E-state index in [2.05, 4.69) is 50.4 Å². The molecule has 0 saturated heterocycles. The monoisotopic (exact) mass is 221 g/mol. The van der Waals surface area contributed by atoms with Crippen molar-refractivity contribution in [2.24, 2.45) is 5.41 Å². The molecule has 1 aromatic rings. The van der Waals surface area contributed by atoms with Gasteiger partial charge in [-0.1, -0.05) is 45.0 Å². The first kappa shape index (κ1) is 13.2. The van der Waals surface area contributed by atoms with Gasteiger partial charge in [-0.2, -0.15) is 0 Å². The third kappa shape index (κ3) is 5.29. The SMILES string of the molecule is COCc1ccc(CNCC(C)(C)C)cc1. The molecule has 1 N–H and O–H groups in total. The minimum atomic E-state index is 0.343. The summed E-state index contributed by atoms with van der Waals surface area (Å²) in [7, 11) is 1.72. The molecule has 0 unspecified atom stereocenters. The zero-order chi connectivity index (χ0) is 12.0. The van der Waals surface area contributed by atoms with E-state index in [4.69, 9.17) is 4.74 Å². The molecule has 0 aromatic heterocycles. The number of methoxy groups -OCH3 is 1. The number of hydrogen-bond acceptors (Lipinski definition) is 2. The van der Waals surface area contributed by atoms with Gasteiger partial charge in [0, 0.05) is 20.2 Å². The van der Waals surface area contributed by atoms with Crippen molar-refractivity contribution in [1.29, 1.82) is 0 Å². The third-order valence-electron chi connectivity index (χ3n) is 2.32. The van der Waals surface area contributed by atoms with E-state index < -0.39 is 0 Å². The van der Waals surface area contributed by atoms with E-state index in [-0.39, 0.29) is 0 Å². The van der Waals surface area contributed by atoms with Crippen LogP contribution in [0, 0.1) is 5.41 Å². The van der Waals surface area contributed by atoms with Crippen molar-refractivity contribution < 1.29 is 4.74 Å². The molecule has 0 amide bonds. The van der Waals surface area contributed by atoms with Crippen LogP contribution in [-0.4, -0.2) is 13.7 Å². The van der Waals surface area contributed by atoms with Crippen molar-refractivity contribution in [2.75, 3.05) is 13.7 Å². The molecule has 0 aliphatic rings. The molecule has 16 heavy (non-hydrogen) atoms. The van der Waals surface area contributed by atoms with Crippen molar-refractivity contribution in [1.82, 2.24) is 5.32 Å². The maximum Gasteiger partial charge on any atom is 0.0713 e. The fraction of sp³-hybridized carbons (Fsp3) is 0.571. The average molecular weight is 221 g/mol. The highest BCUT2D eigenvalue weighted by atomic mass is 16.5. The Morgan fingerprint density at radius 1 is 1.06 bits per heavy atom. The largest absolute Gasteiger partial charge is 0.380 e. The molecule has 0 aliphatic heterocycles. The molecule has 2 heteroatoms. The normalized spacial score (nSPS) is 11.8. The molecule has 0 saturated carbocycles. The van der Waals surface area contributed by atoms with Gasteiger partial charge in [-0.25, -0.2) is 0 Å². The van der Waals surface area contributed by atoms with Gasteiger partial charge >= 0.3 is 0 Å². The van der Waals surface area contributed by atoms with Gasteiger partial charge in [-0.15, -0.1) is 0 Å². The lowest BCUT2D eigenvalue weighted by molar-refractivity contribution is 0.185. The molecule has 0 bridgehead atoms. The van der Waals surface area contributed by atoms with E-state index in [0.717, 1.165) is 13.1 Å². The summed E-state index contributed by atoms with van der Waals surface area (Å²) in [5.41, 5.74) is 2.89. The van der Waals surface area contributed by atoms with Gasteiger partial charge in [-0.05, 0) is 16.5 Å². The highest BCUT2D eigenvalue weighted by molar-refractivity contribution is 5.21. The molecule has 90 valence electrons. The second kappa shape index (κ2) is 6.02. The van der Waals surface area contributed by atoms with Gasteiger partial charge in [0.2, 0.25) is 0 Å². The van der Waals surface area contributed by atoms with Gasteiger partial charge in [-0.3, -0.25) is 0 Å². The van der Waals surface area contributed by atoms with E-state index in [1.54, 1.807) is 7.11 Å². The predicted molar refractivity (Wildman–Crippen MR) is 68.3 cm³/mol. The quantitative estimate of drug-likeness (QED) is 0.825. The first-order valence-corrected chi connectivity index (χ1v) is 5.79. The molecule has 1 rings (SSSR count). The van der Waals surface area contributed by atoms with E-state index in [9.17, 15) is 0 Å². The van der Waals surface area contributed by atoms with Gasteiger partial charge in [0.05, 0.1) is 6.61 Å². The number of nitrogens with one attached hydrogen (secondary N) is 1. The molecule has 2 nitrogen and oxygen atoms in total. The number of rotatable bonds is 5. The Balaban J connectivity index is 2.37. The zero-order valence-electron chi connectivity index (χ0n) is 10.8. The van der Waals surface area contributed by atoms with E-state index in [1.807, 2.05) is 0 Å². The Morgan fingerprint density at radius 2 is 1.62 bits per heavy atom. The van der Waals surface area contributed by atoms with Crippen LogP contribution < -0.4 is 5.32 Å². The van der Waals surface area contributed by atoms with Crippen LogP contribution in [0.1, 0.15) is 31.9 Å². The molecular weight excluding hydrogens is 198 g/mol. The Hall–Kier alpha value is -0.860. The van der Waals surface area contributed by atoms with Crippen LogP contribution in [0.15, 0.2) is 24.3 Å². The maximum atomic E-state index is 5.08. The summed E-state index contributed by atoms with van der Waals surface area (Å²) in [4.78, 5) is 0. The number of ether oxygens (including phenoxy) is 1. The Kier molecular flexibility index (Phi) is 4.97. The smallest absolute Gasteiger partial charge is 0.0713 e. The molecular formula is C14H23NO. The molecule has 1 aromatic carbocycles. The third-order valence-corrected chi connectivity index (χ3v) is 2.32. The molecule has 0 radical (unpaired) electrons. The van der Waals surface area contributed by atoms with E-state index in [0.29, 0.717) is 12.0 Å². The lowest BCUT2D eigenvalue weighted by Gasteiger charge is -2.18. The first-order chi connectivity index (χ1) is 7.51. The lowest BCUT2D eigenvalue weighted by atomic mass is 9.97. The van der Waals surface area contributed by atoms with Gasteiger partial charge in [0.15, 0.2) is 0 Å². The maximum absolute atomic E-state index is 5.08. The van der Waals surface area contributed by atoms with Crippen molar-refractivity contribution in [3.8, 4) is 0 Å². The van der Waals surface area contributed by atoms with Crippen LogP contribution >= 0.6 is 0 Å². The van der Waals surface area contributed by atoms with Crippen molar-refractivity contribution >= 4 is 0 Å². The first-order valence-electron chi connectivity index (χ1n) is 5.79. The molecule has 0 fully saturated rings. The van der Waals surface area contributed by atoms with Gasteiger partial charge in [0.1, 0.15) is 0 Å². The molecule has 0 aliphatic carbocycles. The summed E-state index contributed by atoms with van der Waals surface area (Å²) in [5.74, 6) is 0. The fourth-order valence-corrected chi connectivity index (χ4v) is 1.50. The standard InChI is InChI=1S/C14H23NO/c1-14(2,3)11-15-9-12-5-7-13(8-6-12)10-16-4/h5-8,15H,9-11H2,1-4H3. The summed E-state index contributed by atoms with van der Waals surface area (Å²) in [6, 6.07) is 8.56. The Labute approximate surface area is 99.0 Å². The van der Waals surface area contributed by atoms with Gasteiger partial charge < -0.3 is 10.1 Å². The summed E-state index contributed by atoms with van der Waals surface area (Å²) < 4.78 is 5.08. The number of hydrogen-bond donors (Lipinski definition) is 1. The molecule has 0 spiro atoms. The van der Waals surface area contributed by atoms with Crippen LogP contribution in [0.3, 0.4) is 0 Å². The predicted octanol–water partition coefficient (Wildman–Crippen LogP) is 2.97. The highest BCUT2D eigenvalue weighted by Gasteiger charge is 2.08. The summed E-state index contributed by atoms with van der Waals surface area (Å²) in [6.07, 6.45) is 0. The Bertz CT molecular complexity index is 298. The summed E-state index contributed by atoms with van der Waals surface area (Å²) in [6.45, 7) is 9.37. The van der Waals surface area contributed by atoms with Crippen molar-refractivity contribution in [3.63, 3.8) is 0 Å². The molecule has 0 atom stereocenters. The van der Waals surface area contributed by atoms with Gasteiger partial charge in [0.25, 0.3) is 0 Å². The topological polar surface area (TPSA) is 21.3 Å². The van der Waals surface area contributed by atoms with E-state index >= 15 is 0 Å². The zero-order valence-corrected chi connectivity index (χ0v) is 10.8.